The van der Waals surface area contributed by atoms with Crippen molar-refractivity contribution >= 4 is 11.6 Å². The Morgan fingerprint density at radius 1 is 1.28 bits per heavy atom. The Labute approximate surface area is 108 Å². The van der Waals surface area contributed by atoms with Crippen LogP contribution in [0.2, 0.25) is 0 Å². The van der Waals surface area contributed by atoms with Gasteiger partial charge in [0.25, 0.3) is 0 Å². The van der Waals surface area contributed by atoms with Crippen molar-refractivity contribution in [3.63, 3.8) is 0 Å². The first kappa shape index (κ1) is 12.5. The summed E-state index contributed by atoms with van der Waals surface area (Å²) in [4.78, 5) is 4.17. The predicted molar refractivity (Wildman–Crippen MR) is 73.3 cm³/mol. The Kier molecular flexibility index (Phi) is 3.92. The van der Waals surface area contributed by atoms with E-state index in [0.29, 0.717) is 6.61 Å². The van der Waals surface area contributed by atoms with Gasteiger partial charge in [-0.3, -0.25) is 5.41 Å². The van der Waals surface area contributed by atoms with Crippen LogP contribution in [0, 0.1) is 5.41 Å². The molecule has 18 heavy (non-hydrogen) atoms. The van der Waals surface area contributed by atoms with Gasteiger partial charge in [-0.2, -0.15) is 0 Å². The SMILES string of the molecule is CCOc1ccccc1N1CCN(C(=N)N)CC1. The van der Waals surface area contributed by atoms with Crippen LogP contribution in [-0.2, 0) is 0 Å². The molecule has 0 aliphatic carbocycles. The van der Waals surface area contributed by atoms with Gasteiger partial charge in [-0.15, -0.1) is 0 Å². The van der Waals surface area contributed by atoms with Crippen molar-refractivity contribution in [3.05, 3.63) is 24.3 Å². The number of ether oxygens (including phenoxy) is 1. The summed E-state index contributed by atoms with van der Waals surface area (Å²) in [5.74, 6) is 1.09. The molecule has 1 aromatic carbocycles. The van der Waals surface area contributed by atoms with Crippen LogP contribution in [0.25, 0.3) is 0 Å². The van der Waals surface area contributed by atoms with Crippen LogP contribution < -0.4 is 15.4 Å². The molecule has 0 spiro atoms. The second kappa shape index (κ2) is 5.62. The maximum Gasteiger partial charge on any atom is 0.188 e. The van der Waals surface area contributed by atoms with Crippen LogP contribution in [-0.4, -0.2) is 43.6 Å². The highest BCUT2D eigenvalue weighted by Crippen LogP contribution is 2.28. The van der Waals surface area contributed by atoms with Gasteiger partial charge in [-0.05, 0) is 19.1 Å². The molecular weight excluding hydrogens is 228 g/mol. The normalized spacial score (nSPS) is 15.6. The maximum absolute atomic E-state index is 7.43. The van der Waals surface area contributed by atoms with Crippen molar-refractivity contribution in [3.8, 4) is 5.75 Å². The lowest BCUT2D eigenvalue weighted by atomic mass is 10.2. The third kappa shape index (κ3) is 2.67. The molecule has 0 atom stereocenters. The highest BCUT2D eigenvalue weighted by Gasteiger charge is 2.19. The van der Waals surface area contributed by atoms with E-state index in [0.717, 1.165) is 37.6 Å². The quantitative estimate of drug-likeness (QED) is 0.621. The molecule has 3 N–H and O–H groups in total. The molecule has 1 aromatic rings. The molecule has 1 aliphatic heterocycles. The smallest absolute Gasteiger partial charge is 0.188 e. The summed E-state index contributed by atoms with van der Waals surface area (Å²) < 4.78 is 5.64. The number of piperazine rings is 1. The van der Waals surface area contributed by atoms with E-state index >= 15 is 0 Å². The summed E-state index contributed by atoms with van der Waals surface area (Å²) in [6.45, 7) is 5.97. The molecule has 0 amide bonds. The van der Waals surface area contributed by atoms with E-state index in [2.05, 4.69) is 11.0 Å². The molecule has 5 nitrogen and oxygen atoms in total. The molecule has 0 aromatic heterocycles. The average molecular weight is 248 g/mol. The molecule has 1 fully saturated rings. The van der Waals surface area contributed by atoms with Gasteiger partial charge in [0.05, 0.1) is 12.3 Å². The van der Waals surface area contributed by atoms with E-state index in [1.165, 1.54) is 0 Å². The topological polar surface area (TPSA) is 65.6 Å². The molecule has 0 radical (unpaired) electrons. The first-order valence-corrected chi connectivity index (χ1v) is 6.28. The Bertz CT molecular complexity index is 413. The molecule has 0 bridgehead atoms. The lowest BCUT2D eigenvalue weighted by Gasteiger charge is -2.36. The number of hydrogen-bond acceptors (Lipinski definition) is 3. The largest absolute Gasteiger partial charge is 0.492 e. The van der Waals surface area contributed by atoms with Gasteiger partial charge in [-0.1, -0.05) is 12.1 Å². The Hall–Kier alpha value is -1.91. The molecule has 2 rings (SSSR count). The number of anilines is 1. The molecule has 98 valence electrons. The summed E-state index contributed by atoms with van der Waals surface area (Å²) in [5.41, 5.74) is 6.62. The van der Waals surface area contributed by atoms with Gasteiger partial charge in [0.1, 0.15) is 5.75 Å². The van der Waals surface area contributed by atoms with Crippen molar-refractivity contribution in [1.29, 1.82) is 5.41 Å². The minimum absolute atomic E-state index is 0.160. The van der Waals surface area contributed by atoms with Crippen molar-refractivity contribution in [2.45, 2.75) is 6.92 Å². The Morgan fingerprint density at radius 2 is 1.94 bits per heavy atom. The molecule has 1 aliphatic rings. The second-order valence-corrected chi connectivity index (χ2v) is 4.26. The van der Waals surface area contributed by atoms with E-state index in [1.54, 1.807) is 0 Å². The highest BCUT2D eigenvalue weighted by atomic mass is 16.5. The summed E-state index contributed by atoms with van der Waals surface area (Å²) in [6, 6.07) is 8.08. The zero-order chi connectivity index (χ0) is 13.0. The standard InChI is InChI=1S/C13H20N4O/c1-2-18-12-6-4-3-5-11(12)16-7-9-17(10-8-16)13(14)15/h3-6H,2,7-10H2,1H3,(H3,14,15). The van der Waals surface area contributed by atoms with Crippen LogP contribution in [0.4, 0.5) is 5.69 Å². The summed E-state index contributed by atoms with van der Waals surface area (Å²) >= 11 is 0. The second-order valence-electron chi connectivity index (χ2n) is 4.26. The predicted octanol–water partition coefficient (Wildman–Crippen LogP) is 1.10. The molecule has 5 heteroatoms. The van der Waals surface area contributed by atoms with Crippen molar-refractivity contribution < 1.29 is 4.74 Å². The van der Waals surface area contributed by atoms with Crippen LogP contribution in [0.3, 0.4) is 0 Å². The van der Waals surface area contributed by atoms with Gasteiger partial charge < -0.3 is 20.3 Å². The van der Waals surface area contributed by atoms with Crippen LogP contribution in [0.1, 0.15) is 6.92 Å². The molecule has 0 unspecified atom stereocenters. The molecule has 0 saturated carbocycles. The van der Waals surface area contributed by atoms with Gasteiger partial charge in [0.2, 0.25) is 0 Å². The van der Waals surface area contributed by atoms with E-state index < -0.39 is 0 Å². The Morgan fingerprint density at radius 3 is 2.56 bits per heavy atom. The van der Waals surface area contributed by atoms with E-state index in [1.807, 2.05) is 30.0 Å². The zero-order valence-electron chi connectivity index (χ0n) is 10.7. The van der Waals surface area contributed by atoms with E-state index in [-0.39, 0.29) is 5.96 Å². The van der Waals surface area contributed by atoms with Crippen LogP contribution in [0.5, 0.6) is 5.75 Å². The van der Waals surface area contributed by atoms with Crippen molar-refractivity contribution in [1.82, 2.24) is 4.90 Å². The summed E-state index contributed by atoms with van der Waals surface area (Å²) in [7, 11) is 0. The lowest BCUT2D eigenvalue weighted by molar-refractivity contribution is 0.336. The lowest BCUT2D eigenvalue weighted by Crippen LogP contribution is -2.50. The summed E-state index contributed by atoms with van der Waals surface area (Å²) in [6.07, 6.45) is 0. The molecular formula is C13H20N4O. The van der Waals surface area contributed by atoms with Crippen molar-refractivity contribution in [2.75, 3.05) is 37.7 Å². The van der Waals surface area contributed by atoms with Crippen LogP contribution in [0.15, 0.2) is 24.3 Å². The van der Waals surface area contributed by atoms with E-state index in [4.69, 9.17) is 15.9 Å². The first-order valence-electron chi connectivity index (χ1n) is 6.28. The fourth-order valence-electron chi connectivity index (χ4n) is 2.18. The Balaban J connectivity index is 2.07. The molecule has 1 saturated heterocycles. The van der Waals surface area contributed by atoms with Gasteiger partial charge in [-0.25, -0.2) is 0 Å². The number of hydrogen-bond donors (Lipinski definition) is 2. The maximum atomic E-state index is 7.43. The number of nitrogens with zero attached hydrogens (tertiary/aromatic N) is 2. The van der Waals surface area contributed by atoms with Crippen molar-refractivity contribution in [2.24, 2.45) is 5.73 Å². The molecule has 1 heterocycles. The number of rotatable bonds is 3. The summed E-state index contributed by atoms with van der Waals surface area (Å²) in [5, 5.41) is 7.43. The highest BCUT2D eigenvalue weighted by molar-refractivity contribution is 5.75. The van der Waals surface area contributed by atoms with Gasteiger partial charge >= 0.3 is 0 Å². The third-order valence-electron chi connectivity index (χ3n) is 3.13. The van der Waals surface area contributed by atoms with E-state index in [9.17, 15) is 0 Å². The number of nitrogens with one attached hydrogen (secondary N) is 1. The van der Waals surface area contributed by atoms with Gasteiger partial charge in [0, 0.05) is 26.2 Å². The first-order chi connectivity index (χ1) is 8.72. The third-order valence-corrected chi connectivity index (χ3v) is 3.13. The number of para-hydroxylation sites is 2. The zero-order valence-corrected chi connectivity index (χ0v) is 10.7. The number of benzene rings is 1. The fraction of sp³-hybridized carbons (Fsp3) is 0.462. The average Bonchev–Trinajstić information content (AvgIpc) is 2.40. The van der Waals surface area contributed by atoms with Gasteiger partial charge in [0.15, 0.2) is 5.96 Å². The van der Waals surface area contributed by atoms with Crippen LogP contribution >= 0.6 is 0 Å². The monoisotopic (exact) mass is 248 g/mol. The fourth-order valence-corrected chi connectivity index (χ4v) is 2.18. The number of nitrogens with two attached hydrogens (primary N) is 1. The minimum atomic E-state index is 0.160. The minimum Gasteiger partial charge on any atom is -0.492 e. The number of guanidine groups is 1.